The molecule has 4 aromatic rings. The molecule has 4 rings (SSSR count). The van der Waals surface area contributed by atoms with E-state index in [0.717, 1.165) is 5.56 Å². The van der Waals surface area contributed by atoms with E-state index in [1.54, 1.807) is 0 Å². The number of hydrogen-bond donors (Lipinski definition) is 1. The zero-order valence-electron chi connectivity index (χ0n) is 11.3. The summed E-state index contributed by atoms with van der Waals surface area (Å²) in [5.41, 5.74) is 8.17. The number of benzene rings is 1. The summed E-state index contributed by atoms with van der Waals surface area (Å²) in [6, 6.07) is 15.1. The molecular formula is C15H10BrN5O. The summed E-state index contributed by atoms with van der Waals surface area (Å²) in [6.45, 7) is 0. The molecule has 0 atom stereocenters. The van der Waals surface area contributed by atoms with Crippen LogP contribution >= 0.6 is 15.9 Å². The lowest BCUT2D eigenvalue weighted by Gasteiger charge is -2.02. The predicted octanol–water partition coefficient (Wildman–Crippen LogP) is 3.40. The van der Waals surface area contributed by atoms with E-state index >= 15 is 0 Å². The smallest absolute Gasteiger partial charge is 0.225 e. The van der Waals surface area contributed by atoms with E-state index in [1.165, 1.54) is 4.52 Å². The Morgan fingerprint density at radius 1 is 1.05 bits per heavy atom. The van der Waals surface area contributed by atoms with Crippen LogP contribution in [0.2, 0.25) is 0 Å². The highest BCUT2D eigenvalue weighted by molar-refractivity contribution is 9.10. The number of halogens is 1. The standard InChI is InChI=1S/C15H10BrN5O/c16-12-7-6-11(22-12)10-8-13-18-14(9-4-2-1-3-5-9)19-15(17)21(13)20-10/h1-8H,(H2,17,18,19). The van der Waals surface area contributed by atoms with Crippen molar-refractivity contribution >= 4 is 27.5 Å². The van der Waals surface area contributed by atoms with E-state index in [1.807, 2.05) is 48.5 Å². The fraction of sp³-hybridized carbons (Fsp3) is 0. The first-order valence-electron chi connectivity index (χ1n) is 6.55. The van der Waals surface area contributed by atoms with Gasteiger partial charge in [-0.25, -0.2) is 4.98 Å². The minimum absolute atomic E-state index is 0.278. The molecule has 1 aromatic carbocycles. The van der Waals surface area contributed by atoms with Crippen molar-refractivity contribution in [3.63, 3.8) is 0 Å². The van der Waals surface area contributed by atoms with Crippen LogP contribution in [0, 0.1) is 0 Å². The van der Waals surface area contributed by atoms with Crippen molar-refractivity contribution < 1.29 is 4.42 Å². The zero-order chi connectivity index (χ0) is 15.1. The van der Waals surface area contributed by atoms with Crippen molar-refractivity contribution in [2.24, 2.45) is 0 Å². The SMILES string of the molecule is Nc1nc(-c2ccccc2)nc2cc(-c3ccc(Br)o3)nn12. The lowest BCUT2D eigenvalue weighted by Crippen LogP contribution is -2.05. The van der Waals surface area contributed by atoms with Gasteiger partial charge in [0.1, 0.15) is 5.69 Å². The molecule has 0 saturated carbocycles. The molecule has 0 saturated heterocycles. The maximum Gasteiger partial charge on any atom is 0.225 e. The molecule has 6 nitrogen and oxygen atoms in total. The van der Waals surface area contributed by atoms with Gasteiger partial charge in [-0.05, 0) is 28.1 Å². The third-order valence-corrected chi connectivity index (χ3v) is 3.63. The molecule has 0 unspecified atom stereocenters. The van der Waals surface area contributed by atoms with Crippen LogP contribution in [-0.4, -0.2) is 19.6 Å². The maximum atomic E-state index is 6.00. The minimum Gasteiger partial charge on any atom is -0.448 e. The monoisotopic (exact) mass is 355 g/mol. The number of nitrogen functional groups attached to an aromatic ring is 1. The van der Waals surface area contributed by atoms with Crippen LogP contribution in [0.4, 0.5) is 5.95 Å². The molecule has 0 fully saturated rings. The molecule has 0 aliphatic rings. The first-order chi connectivity index (χ1) is 10.7. The minimum atomic E-state index is 0.278. The Morgan fingerprint density at radius 2 is 1.86 bits per heavy atom. The summed E-state index contributed by atoms with van der Waals surface area (Å²) in [5.74, 6) is 1.48. The van der Waals surface area contributed by atoms with Gasteiger partial charge in [0.25, 0.3) is 0 Å². The Labute approximate surface area is 133 Å². The molecule has 7 heteroatoms. The topological polar surface area (TPSA) is 82.2 Å². The van der Waals surface area contributed by atoms with E-state index in [0.29, 0.717) is 27.6 Å². The molecule has 0 aliphatic heterocycles. The second kappa shape index (κ2) is 4.96. The Kier molecular flexibility index (Phi) is 2.93. The van der Waals surface area contributed by atoms with E-state index in [9.17, 15) is 0 Å². The van der Waals surface area contributed by atoms with Gasteiger partial charge in [0.15, 0.2) is 21.9 Å². The summed E-state index contributed by atoms with van der Waals surface area (Å²) in [6.07, 6.45) is 0. The average molecular weight is 356 g/mol. The molecule has 3 aromatic heterocycles. The first-order valence-corrected chi connectivity index (χ1v) is 7.34. The van der Waals surface area contributed by atoms with Gasteiger partial charge in [0.05, 0.1) is 0 Å². The Bertz CT molecular complexity index is 961. The van der Waals surface area contributed by atoms with E-state index in [4.69, 9.17) is 10.2 Å². The number of rotatable bonds is 2. The highest BCUT2D eigenvalue weighted by Crippen LogP contribution is 2.26. The van der Waals surface area contributed by atoms with E-state index < -0.39 is 0 Å². The molecule has 22 heavy (non-hydrogen) atoms. The van der Waals surface area contributed by atoms with Crippen molar-refractivity contribution in [2.75, 3.05) is 5.73 Å². The highest BCUT2D eigenvalue weighted by atomic mass is 79.9. The summed E-state index contributed by atoms with van der Waals surface area (Å²) >= 11 is 3.28. The second-order valence-electron chi connectivity index (χ2n) is 4.67. The van der Waals surface area contributed by atoms with Gasteiger partial charge < -0.3 is 10.2 Å². The largest absolute Gasteiger partial charge is 0.448 e. The molecule has 0 bridgehead atoms. The second-order valence-corrected chi connectivity index (χ2v) is 5.46. The van der Waals surface area contributed by atoms with Crippen LogP contribution in [0.15, 0.2) is 57.6 Å². The van der Waals surface area contributed by atoms with Crippen LogP contribution in [-0.2, 0) is 0 Å². The molecular weight excluding hydrogens is 346 g/mol. The van der Waals surface area contributed by atoms with E-state index in [2.05, 4.69) is 31.0 Å². The van der Waals surface area contributed by atoms with Gasteiger partial charge in [0, 0.05) is 11.6 Å². The number of nitrogens with two attached hydrogens (primary N) is 1. The van der Waals surface area contributed by atoms with Gasteiger partial charge in [-0.2, -0.15) is 14.6 Å². The quantitative estimate of drug-likeness (QED) is 0.595. The number of anilines is 1. The normalized spacial score (nSPS) is 11.1. The molecule has 0 amide bonds. The van der Waals surface area contributed by atoms with Gasteiger partial charge in [-0.3, -0.25) is 0 Å². The summed E-state index contributed by atoms with van der Waals surface area (Å²) in [7, 11) is 0. The van der Waals surface area contributed by atoms with E-state index in [-0.39, 0.29) is 5.95 Å². The molecule has 0 radical (unpaired) electrons. The van der Waals surface area contributed by atoms with Crippen molar-refractivity contribution in [3.8, 4) is 22.8 Å². The third-order valence-electron chi connectivity index (χ3n) is 3.21. The molecule has 3 heterocycles. The van der Waals surface area contributed by atoms with Crippen molar-refractivity contribution in [1.82, 2.24) is 19.6 Å². The lowest BCUT2D eigenvalue weighted by molar-refractivity contribution is 0.553. The number of fused-ring (bicyclic) bond motifs is 1. The number of aromatic nitrogens is 4. The van der Waals surface area contributed by atoms with Crippen LogP contribution < -0.4 is 5.73 Å². The Hall–Kier alpha value is -2.67. The highest BCUT2D eigenvalue weighted by Gasteiger charge is 2.13. The van der Waals surface area contributed by atoms with Crippen molar-refractivity contribution in [3.05, 3.63) is 53.2 Å². The van der Waals surface area contributed by atoms with Crippen molar-refractivity contribution in [2.45, 2.75) is 0 Å². The van der Waals surface area contributed by atoms with Gasteiger partial charge in [-0.1, -0.05) is 30.3 Å². The maximum absolute atomic E-state index is 6.00. The van der Waals surface area contributed by atoms with Crippen LogP contribution in [0.25, 0.3) is 28.5 Å². The molecule has 2 N–H and O–H groups in total. The first kappa shape index (κ1) is 13.0. The Balaban J connectivity index is 1.88. The molecule has 0 spiro atoms. The fourth-order valence-corrected chi connectivity index (χ4v) is 2.50. The van der Waals surface area contributed by atoms with Gasteiger partial charge in [-0.15, -0.1) is 0 Å². The third kappa shape index (κ3) is 2.15. The lowest BCUT2D eigenvalue weighted by atomic mass is 10.2. The molecule has 108 valence electrons. The van der Waals surface area contributed by atoms with Crippen LogP contribution in [0.1, 0.15) is 0 Å². The summed E-state index contributed by atoms with van der Waals surface area (Å²) in [4.78, 5) is 8.83. The number of furan rings is 1. The fourth-order valence-electron chi connectivity index (χ4n) is 2.20. The summed E-state index contributed by atoms with van der Waals surface area (Å²) < 4.78 is 7.65. The number of hydrogen-bond acceptors (Lipinski definition) is 5. The average Bonchev–Trinajstić information content (AvgIpc) is 3.14. The van der Waals surface area contributed by atoms with Gasteiger partial charge >= 0.3 is 0 Å². The Morgan fingerprint density at radius 3 is 2.59 bits per heavy atom. The predicted molar refractivity (Wildman–Crippen MR) is 86.0 cm³/mol. The number of nitrogens with zero attached hydrogens (tertiary/aromatic N) is 4. The van der Waals surface area contributed by atoms with Crippen LogP contribution in [0.3, 0.4) is 0 Å². The van der Waals surface area contributed by atoms with Gasteiger partial charge in [0.2, 0.25) is 5.95 Å². The van der Waals surface area contributed by atoms with Crippen molar-refractivity contribution in [1.29, 1.82) is 0 Å². The van der Waals surface area contributed by atoms with Crippen LogP contribution in [0.5, 0.6) is 0 Å². The summed E-state index contributed by atoms with van der Waals surface area (Å²) in [5, 5.41) is 4.38. The zero-order valence-corrected chi connectivity index (χ0v) is 12.9. The molecule has 0 aliphatic carbocycles.